The Morgan fingerprint density at radius 1 is 1.32 bits per heavy atom. The highest BCUT2D eigenvalue weighted by molar-refractivity contribution is 6.43. The molecule has 1 fully saturated rings. The van der Waals surface area contributed by atoms with Crippen LogP contribution in [0.4, 0.5) is 0 Å². The Bertz CT molecular complexity index is 528. The molecular formula is C14H18Cl4N2O2. The number of nitrogens with one attached hydrogen (secondary N) is 2. The third-order valence-corrected chi connectivity index (χ3v) is 4.46. The van der Waals surface area contributed by atoms with E-state index in [4.69, 9.17) is 39.5 Å². The third kappa shape index (κ3) is 5.36. The number of carbonyl (C=O) groups excluding carboxylic acids is 1. The van der Waals surface area contributed by atoms with E-state index in [-0.39, 0.29) is 37.0 Å². The molecule has 0 saturated carbocycles. The average Bonchev–Trinajstić information content (AvgIpc) is 2.44. The van der Waals surface area contributed by atoms with Crippen LogP contribution in [0.1, 0.15) is 19.8 Å². The zero-order valence-electron chi connectivity index (χ0n) is 12.0. The molecule has 8 heteroatoms. The first kappa shape index (κ1) is 19.7. The largest absolute Gasteiger partial charge is 0.482 e. The van der Waals surface area contributed by atoms with Crippen LogP contribution in [-0.4, -0.2) is 31.1 Å². The van der Waals surface area contributed by atoms with Crippen molar-refractivity contribution in [3.05, 3.63) is 27.2 Å². The minimum atomic E-state index is -0.183. The van der Waals surface area contributed by atoms with Crippen molar-refractivity contribution in [2.45, 2.75) is 31.8 Å². The highest BCUT2D eigenvalue weighted by Gasteiger charge is 2.22. The summed E-state index contributed by atoms with van der Waals surface area (Å²) in [4.78, 5) is 11.9. The molecule has 2 rings (SSSR count). The first-order chi connectivity index (χ1) is 9.97. The molecule has 0 bridgehead atoms. The lowest BCUT2D eigenvalue weighted by Gasteiger charge is -2.30. The van der Waals surface area contributed by atoms with Gasteiger partial charge in [-0.3, -0.25) is 4.79 Å². The Balaban J connectivity index is 0.00000242. The Morgan fingerprint density at radius 2 is 2.00 bits per heavy atom. The summed E-state index contributed by atoms with van der Waals surface area (Å²) in [6, 6.07) is 3.38. The smallest absolute Gasteiger partial charge is 0.258 e. The van der Waals surface area contributed by atoms with Crippen molar-refractivity contribution in [3.63, 3.8) is 0 Å². The summed E-state index contributed by atoms with van der Waals surface area (Å²) in [6.45, 7) is 2.94. The number of piperidine rings is 1. The molecule has 0 spiro atoms. The number of carbonyl (C=O) groups is 1. The van der Waals surface area contributed by atoms with Crippen LogP contribution < -0.4 is 15.4 Å². The lowest BCUT2D eigenvalue weighted by Crippen LogP contribution is -2.52. The van der Waals surface area contributed by atoms with Gasteiger partial charge in [0.2, 0.25) is 0 Å². The van der Waals surface area contributed by atoms with E-state index in [9.17, 15) is 4.79 Å². The van der Waals surface area contributed by atoms with E-state index >= 15 is 0 Å². The topological polar surface area (TPSA) is 50.4 Å². The fourth-order valence-corrected chi connectivity index (χ4v) is 2.84. The number of halogens is 4. The van der Waals surface area contributed by atoms with E-state index in [1.807, 2.05) is 0 Å². The van der Waals surface area contributed by atoms with Gasteiger partial charge in [0.05, 0.1) is 15.1 Å². The number of amides is 1. The van der Waals surface area contributed by atoms with Crippen molar-refractivity contribution < 1.29 is 9.53 Å². The summed E-state index contributed by atoms with van der Waals surface area (Å²) >= 11 is 17.7. The molecule has 1 saturated heterocycles. The monoisotopic (exact) mass is 386 g/mol. The molecule has 22 heavy (non-hydrogen) atoms. The SMILES string of the molecule is CC1NCCCC1NC(=O)COc1cc(Cl)c(Cl)cc1Cl.Cl. The van der Waals surface area contributed by atoms with E-state index in [2.05, 4.69) is 17.6 Å². The van der Waals surface area contributed by atoms with Crippen LogP contribution in [-0.2, 0) is 4.79 Å². The van der Waals surface area contributed by atoms with Crippen LogP contribution in [0, 0.1) is 0 Å². The maximum absolute atomic E-state index is 11.9. The summed E-state index contributed by atoms with van der Waals surface area (Å²) < 4.78 is 5.40. The standard InChI is InChI=1S/C14H17Cl3N2O2.ClH/c1-8-12(3-2-4-18-8)19-14(20)7-21-13-6-10(16)9(15)5-11(13)17;/h5-6,8,12,18H,2-4,7H2,1H3,(H,19,20);1H. The average molecular weight is 388 g/mol. The maximum Gasteiger partial charge on any atom is 0.258 e. The third-order valence-electron chi connectivity index (χ3n) is 3.44. The van der Waals surface area contributed by atoms with Crippen molar-refractivity contribution in [2.24, 2.45) is 0 Å². The van der Waals surface area contributed by atoms with Gasteiger partial charge < -0.3 is 15.4 Å². The molecule has 0 aliphatic carbocycles. The molecule has 1 aliphatic heterocycles. The van der Waals surface area contributed by atoms with Crippen molar-refractivity contribution in [1.29, 1.82) is 0 Å². The maximum atomic E-state index is 11.9. The van der Waals surface area contributed by atoms with E-state index in [1.54, 1.807) is 0 Å². The van der Waals surface area contributed by atoms with Crippen molar-refractivity contribution in [2.75, 3.05) is 13.2 Å². The first-order valence-electron chi connectivity index (χ1n) is 6.77. The molecule has 2 atom stereocenters. The number of benzene rings is 1. The number of hydrogen-bond donors (Lipinski definition) is 2. The summed E-state index contributed by atoms with van der Waals surface area (Å²) in [6.07, 6.45) is 2.02. The van der Waals surface area contributed by atoms with Crippen LogP contribution in [0.5, 0.6) is 5.75 Å². The van der Waals surface area contributed by atoms with Crippen LogP contribution in [0.25, 0.3) is 0 Å². The van der Waals surface area contributed by atoms with Gasteiger partial charge in [-0.05, 0) is 32.4 Å². The zero-order valence-corrected chi connectivity index (χ0v) is 15.1. The van der Waals surface area contributed by atoms with Gasteiger partial charge in [-0.1, -0.05) is 34.8 Å². The van der Waals surface area contributed by atoms with E-state index < -0.39 is 0 Å². The van der Waals surface area contributed by atoms with Crippen LogP contribution in [0.2, 0.25) is 15.1 Å². The second kappa shape index (κ2) is 9.04. The van der Waals surface area contributed by atoms with Crippen molar-refractivity contribution in [3.8, 4) is 5.75 Å². The van der Waals surface area contributed by atoms with Gasteiger partial charge >= 0.3 is 0 Å². The Labute approximate surface area is 151 Å². The van der Waals surface area contributed by atoms with Crippen LogP contribution >= 0.6 is 47.2 Å². The molecular weight excluding hydrogens is 370 g/mol. The molecule has 0 radical (unpaired) electrons. The number of rotatable bonds is 4. The normalized spacial score (nSPS) is 20.9. The fraction of sp³-hybridized carbons (Fsp3) is 0.500. The molecule has 2 N–H and O–H groups in total. The predicted molar refractivity (Wildman–Crippen MR) is 92.8 cm³/mol. The molecule has 2 unspecified atom stereocenters. The Hall–Kier alpha value is -0.390. The Morgan fingerprint density at radius 3 is 2.68 bits per heavy atom. The highest BCUT2D eigenvalue weighted by Crippen LogP contribution is 2.33. The second-order valence-corrected chi connectivity index (χ2v) is 6.27. The van der Waals surface area contributed by atoms with E-state index in [1.165, 1.54) is 12.1 Å². The minimum absolute atomic E-state index is 0. The Kier molecular flexibility index (Phi) is 8.08. The fourth-order valence-electron chi connectivity index (χ4n) is 2.25. The molecule has 1 aromatic rings. The summed E-state index contributed by atoms with van der Waals surface area (Å²) in [5.41, 5.74) is 0. The van der Waals surface area contributed by atoms with Crippen molar-refractivity contribution in [1.82, 2.24) is 10.6 Å². The quantitative estimate of drug-likeness (QED) is 0.774. The minimum Gasteiger partial charge on any atom is -0.482 e. The molecule has 1 heterocycles. The van der Waals surface area contributed by atoms with Gasteiger partial charge in [-0.2, -0.15) is 0 Å². The first-order valence-corrected chi connectivity index (χ1v) is 7.91. The second-order valence-electron chi connectivity index (χ2n) is 5.04. The van der Waals surface area contributed by atoms with Gasteiger partial charge in [0.15, 0.2) is 6.61 Å². The van der Waals surface area contributed by atoms with E-state index in [0.717, 1.165) is 19.4 Å². The molecule has 1 amide bonds. The zero-order chi connectivity index (χ0) is 15.4. The lowest BCUT2D eigenvalue weighted by atomic mass is 10.00. The van der Waals surface area contributed by atoms with Gasteiger partial charge in [-0.25, -0.2) is 0 Å². The molecule has 0 aromatic heterocycles. The van der Waals surface area contributed by atoms with Crippen LogP contribution in [0.15, 0.2) is 12.1 Å². The highest BCUT2D eigenvalue weighted by atomic mass is 35.5. The van der Waals surface area contributed by atoms with Crippen molar-refractivity contribution >= 4 is 53.1 Å². The molecule has 1 aromatic carbocycles. The summed E-state index contributed by atoms with van der Waals surface area (Å²) in [5, 5.41) is 7.29. The molecule has 124 valence electrons. The summed E-state index contributed by atoms with van der Waals surface area (Å²) in [5.74, 6) is 0.161. The molecule has 4 nitrogen and oxygen atoms in total. The van der Waals surface area contributed by atoms with Gasteiger partial charge in [-0.15, -0.1) is 12.4 Å². The number of ether oxygens (including phenoxy) is 1. The summed E-state index contributed by atoms with van der Waals surface area (Å²) in [7, 11) is 0. The van der Waals surface area contributed by atoms with Gasteiger partial charge in [0.1, 0.15) is 5.75 Å². The van der Waals surface area contributed by atoms with Gasteiger partial charge in [0, 0.05) is 18.2 Å². The number of hydrogen-bond acceptors (Lipinski definition) is 3. The lowest BCUT2D eigenvalue weighted by molar-refractivity contribution is -0.124. The van der Waals surface area contributed by atoms with Gasteiger partial charge in [0.25, 0.3) is 5.91 Å². The molecule has 1 aliphatic rings. The predicted octanol–water partition coefficient (Wildman–Crippen LogP) is 3.70. The van der Waals surface area contributed by atoms with Crippen LogP contribution in [0.3, 0.4) is 0 Å². The van der Waals surface area contributed by atoms with E-state index in [0.29, 0.717) is 20.8 Å².